The first-order valence-corrected chi connectivity index (χ1v) is 10.8. The van der Waals surface area contributed by atoms with Crippen molar-refractivity contribution < 1.29 is 14.3 Å². The van der Waals surface area contributed by atoms with E-state index in [9.17, 15) is 9.59 Å². The number of halogens is 2. The maximum absolute atomic E-state index is 12.4. The lowest BCUT2D eigenvalue weighted by Gasteiger charge is -2.12. The Morgan fingerprint density at radius 1 is 1.18 bits per heavy atom. The zero-order chi connectivity index (χ0) is 20.3. The summed E-state index contributed by atoms with van der Waals surface area (Å²) < 4.78 is 7.47. The van der Waals surface area contributed by atoms with Crippen LogP contribution in [0, 0.1) is 6.92 Å². The van der Waals surface area contributed by atoms with Gasteiger partial charge in [-0.25, -0.2) is 0 Å². The standard InChI is InChI=1S/C21H17Br2NO3S/c1-3-7-24-20(25)18(28-21(24)26)11-15-9-16(22)19(17(23)10-15)27-12-14-6-4-5-13(2)8-14/h3-6,8-11H,1,7,12H2,2H3/b18-11+. The first-order chi connectivity index (χ1) is 13.4. The van der Waals surface area contributed by atoms with Crippen LogP contribution in [0.3, 0.4) is 0 Å². The van der Waals surface area contributed by atoms with Crippen molar-refractivity contribution in [1.82, 2.24) is 4.90 Å². The number of carbonyl (C=O) groups is 2. The van der Waals surface area contributed by atoms with Crippen molar-refractivity contribution in [1.29, 1.82) is 0 Å². The molecule has 1 aliphatic rings. The van der Waals surface area contributed by atoms with Crippen LogP contribution < -0.4 is 4.74 Å². The van der Waals surface area contributed by atoms with Gasteiger partial charge in [-0.1, -0.05) is 35.9 Å². The Kier molecular flexibility index (Phi) is 6.80. The molecule has 0 bridgehead atoms. The van der Waals surface area contributed by atoms with E-state index >= 15 is 0 Å². The molecule has 0 spiro atoms. The van der Waals surface area contributed by atoms with Crippen molar-refractivity contribution in [3.63, 3.8) is 0 Å². The highest BCUT2D eigenvalue weighted by molar-refractivity contribution is 9.11. The predicted octanol–water partition coefficient (Wildman–Crippen LogP) is 6.32. The summed E-state index contributed by atoms with van der Waals surface area (Å²) in [5, 5.41) is -0.285. The summed E-state index contributed by atoms with van der Waals surface area (Å²) in [6, 6.07) is 11.9. The number of nitrogens with zero attached hydrogens (tertiary/aromatic N) is 1. The topological polar surface area (TPSA) is 46.6 Å². The van der Waals surface area contributed by atoms with Crippen LogP contribution in [0.25, 0.3) is 6.08 Å². The molecule has 3 rings (SSSR count). The van der Waals surface area contributed by atoms with Gasteiger partial charge in [0.05, 0.1) is 13.9 Å². The van der Waals surface area contributed by atoms with Crippen molar-refractivity contribution in [3.8, 4) is 5.75 Å². The minimum atomic E-state index is -0.304. The smallest absolute Gasteiger partial charge is 0.293 e. The van der Waals surface area contributed by atoms with Gasteiger partial charge in [0.25, 0.3) is 11.1 Å². The molecule has 0 unspecified atom stereocenters. The normalized spacial score (nSPS) is 15.4. The fraction of sp³-hybridized carbons (Fsp3) is 0.143. The summed E-state index contributed by atoms with van der Waals surface area (Å²) in [7, 11) is 0. The zero-order valence-electron chi connectivity index (χ0n) is 15.1. The first-order valence-electron chi connectivity index (χ1n) is 8.42. The molecular formula is C21H17Br2NO3S. The molecule has 2 aromatic carbocycles. The van der Waals surface area contributed by atoms with Crippen molar-refractivity contribution in [3.05, 3.63) is 79.6 Å². The minimum Gasteiger partial charge on any atom is -0.487 e. The molecule has 1 heterocycles. The minimum absolute atomic E-state index is 0.209. The number of carbonyl (C=O) groups excluding carboxylic acids is 2. The quantitative estimate of drug-likeness (QED) is 0.329. The molecule has 7 heteroatoms. The highest BCUT2D eigenvalue weighted by atomic mass is 79.9. The van der Waals surface area contributed by atoms with Crippen LogP contribution in [0.5, 0.6) is 5.75 Å². The highest BCUT2D eigenvalue weighted by Crippen LogP contribution is 2.38. The summed E-state index contributed by atoms with van der Waals surface area (Å²) in [4.78, 5) is 25.9. The van der Waals surface area contributed by atoms with Crippen LogP contribution in [0.1, 0.15) is 16.7 Å². The second kappa shape index (κ2) is 9.11. The molecule has 144 valence electrons. The molecule has 2 aromatic rings. The van der Waals surface area contributed by atoms with E-state index < -0.39 is 0 Å². The first kappa shape index (κ1) is 20.9. The summed E-state index contributed by atoms with van der Waals surface area (Å²) in [5.41, 5.74) is 3.05. The molecule has 0 saturated carbocycles. The third kappa shape index (κ3) is 4.77. The van der Waals surface area contributed by atoms with E-state index in [1.165, 1.54) is 16.5 Å². The molecule has 0 N–H and O–H groups in total. The maximum Gasteiger partial charge on any atom is 0.293 e. The number of benzene rings is 2. The fourth-order valence-electron chi connectivity index (χ4n) is 2.70. The molecule has 28 heavy (non-hydrogen) atoms. The van der Waals surface area contributed by atoms with Crippen molar-refractivity contribution >= 4 is 60.8 Å². The average Bonchev–Trinajstić information content (AvgIpc) is 2.89. The molecule has 1 saturated heterocycles. The van der Waals surface area contributed by atoms with Crippen LogP contribution in [0.15, 0.2) is 62.9 Å². The van der Waals surface area contributed by atoms with Gasteiger partial charge in [-0.3, -0.25) is 14.5 Å². The SMILES string of the molecule is C=CCN1C(=O)S/C(=C/c2cc(Br)c(OCc3cccc(C)c3)c(Br)c2)C1=O. The van der Waals surface area contributed by atoms with Gasteiger partial charge in [-0.2, -0.15) is 0 Å². The number of imide groups is 1. The van der Waals surface area contributed by atoms with Crippen LogP contribution in [-0.4, -0.2) is 22.6 Å². The van der Waals surface area contributed by atoms with Gasteiger partial charge < -0.3 is 4.74 Å². The lowest BCUT2D eigenvalue weighted by Crippen LogP contribution is -2.27. The molecule has 1 fully saturated rings. The number of hydrogen-bond acceptors (Lipinski definition) is 4. The number of aryl methyl sites for hydroxylation is 1. The Morgan fingerprint density at radius 2 is 1.89 bits per heavy atom. The second-order valence-electron chi connectivity index (χ2n) is 6.17. The molecule has 2 amide bonds. The average molecular weight is 523 g/mol. The summed E-state index contributed by atoms with van der Waals surface area (Å²) in [6.45, 7) is 6.27. The Balaban J connectivity index is 1.79. The third-order valence-corrected chi connectivity index (χ3v) is 6.05. The van der Waals surface area contributed by atoms with Crippen molar-refractivity contribution in [2.75, 3.05) is 6.54 Å². The Hall–Kier alpha value is -1.83. The van der Waals surface area contributed by atoms with E-state index in [1.807, 2.05) is 37.3 Å². The highest BCUT2D eigenvalue weighted by Gasteiger charge is 2.34. The van der Waals surface area contributed by atoms with Crippen molar-refractivity contribution in [2.45, 2.75) is 13.5 Å². The van der Waals surface area contributed by atoms with E-state index in [2.05, 4.69) is 44.5 Å². The summed E-state index contributed by atoms with van der Waals surface area (Å²) >= 11 is 8.00. The molecular weight excluding hydrogens is 506 g/mol. The molecule has 0 aromatic heterocycles. The Bertz CT molecular complexity index is 964. The Labute approximate surface area is 184 Å². The largest absolute Gasteiger partial charge is 0.487 e. The maximum atomic E-state index is 12.4. The van der Waals surface area contributed by atoms with E-state index in [1.54, 1.807) is 6.08 Å². The number of amides is 2. The molecule has 4 nitrogen and oxygen atoms in total. The number of thioether (sulfide) groups is 1. The van der Waals surface area contributed by atoms with Gasteiger partial charge in [0.15, 0.2) is 0 Å². The van der Waals surface area contributed by atoms with Gasteiger partial charge in [0.1, 0.15) is 12.4 Å². The lowest BCUT2D eigenvalue weighted by molar-refractivity contribution is -0.122. The van der Waals surface area contributed by atoms with Crippen LogP contribution >= 0.6 is 43.6 Å². The van der Waals surface area contributed by atoms with E-state index in [0.29, 0.717) is 17.3 Å². The number of hydrogen-bond donors (Lipinski definition) is 0. The molecule has 0 atom stereocenters. The fourth-order valence-corrected chi connectivity index (χ4v) is 5.00. The third-order valence-electron chi connectivity index (χ3n) is 3.97. The van der Waals surface area contributed by atoms with Crippen molar-refractivity contribution in [2.24, 2.45) is 0 Å². The molecule has 0 radical (unpaired) electrons. The van der Waals surface area contributed by atoms with E-state index in [4.69, 9.17) is 4.74 Å². The van der Waals surface area contributed by atoms with Crippen LogP contribution in [0.4, 0.5) is 4.79 Å². The van der Waals surface area contributed by atoms with Crippen LogP contribution in [-0.2, 0) is 11.4 Å². The molecule has 0 aliphatic carbocycles. The second-order valence-corrected chi connectivity index (χ2v) is 8.87. The van der Waals surface area contributed by atoms with Gasteiger partial charge in [0.2, 0.25) is 0 Å². The predicted molar refractivity (Wildman–Crippen MR) is 120 cm³/mol. The summed E-state index contributed by atoms with van der Waals surface area (Å²) in [6.07, 6.45) is 3.24. The van der Waals surface area contributed by atoms with Gasteiger partial charge in [0, 0.05) is 6.54 Å². The van der Waals surface area contributed by atoms with Gasteiger partial charge >= 0.3 is 0 Å². The lowest BCUT2D eigenvalue weighted by atomic mass is 10.1. The number of ether oxygens (including phenoxy) is 1. The number of rotatable bonds is 6. The van der Waals surface area contributed by atoms with Gasteiger partial charge in [-0.15, -0.1) is 6.58 Å². The van der Waals surface area contributed by atoms with Gasteiger partial charge in [-0.05, 0) is 79.9 Å². The zero-order valence-corrected chi connectivity index (χ0v) is 19.1. The van der Waals surface area contributed by atoms with E-state index in [-0.39, 0.29) is 17.7 Å². The molecule has 1 aliphatic heterocycles. The monoisotopic (exact) mass is 521 g/mol. The van der Waals surface area contributed by atoms with E-state index in [0.717, 1.165) is 31.8 Å². The Morgan fingerprint density at radius 3 is 2.54 bits per heavy atom. The summed E-state index contributed by atoms with van der Waals surface area (Å²) in [5.74, 6) is 0.375. The van der Waals surface area contributed by atoms with Crippen LogP contribution in [0.2, 0.25) is 0 Å².